The van der Waals surface area contributed by atoms with Crippen molar-refractivity contribution in [3.63, 3.8) is 0 Å². The average Bonchev–Trinajstić information content (AvgIpc) is 2.63. The van der Waals surface area contributed by atoms with Gasteiger partial charge in [0, 0.05) is 26.0 Å². The summed E-state index contributed by atoms with van der Waals surface area (Å²) in [7, 11) is 1.89. The van der Waals surface area contributed by atoms with Crippen LogP contribution in [0.5, 0.6) is 0 Å². The van der Waals surface area contributed by atoms with Gasteiger partial charge < -0.3 is 11.1 Å². The molecular weight excluding hydrogens is 214 g/mol. The van der Waals surface area contributed by atoms with Crippen molar-refractivity contribution in [2.75, 3.05) is 11.1 Å². The molecule has 2 rings (SSSR count). The zero-order valence-electron chi connectivity index (χ0n) is 10.1. The minimum atomic E-state index is 0.695. The van der Waals surface area contributed by atoms with Gasteiger partial charge in [-0.15, -0.1) is 0 Å². The molecule has 0 aromatic carbocycles. The van der Waals surface area contributed by atoms with Gasteiger partial charge in [0.25, 0.3) is 0 Å². The molecule has 0 saturated heterocycles. The normalized spacial score (nSPS) is 10.5. The number of nitrogens with one attached hydrogen (secondary N) is 1. The van der Waals surface area contributed by atoms with Crippen LogP contribution >= 0.6 is 0 Å². The number of rotatable bonds is 4. The smallest absolute Gasteiger partial charge is 0.148 e. The largest absolute Gasteiger partial charge is 0.394 e. The molecule has 0 spiro atoms. The molecule has 0 aliphatic carbocycles. The summed E-state index contributed by atoms with van der Waals surface area (Å²) in [5.41, 5.74) is 8.80. The Kier molecular flexibility index (Phi) is 3.27. The molecule has 0 aliphatic heterocycles. The maximum atomic E-state index is 6.02. The minimum absolute atomic E-state index is 0.695. The van der Waals surface area contributed by atoms with E-state index >= 15 is 0 Å². The molecule has 0 aliphatic rings. The Balaban J connectivity index is 2.12. The van der Waals surface area contributed by atoms with Gasteiger partial charge in [-0.2, -0.15) is 5.10 Å². The lowest BCUT2D eigenvalue weighted by molar-refractivity contribution is 0.747. The molecule has 5 heteroatoms. The summed E-state index contributed by atoms with van der Waals surface area (Å²) in [6, 6.07) is 3.94. The number of anilines is 2. The van der Waals surface area contributed by atoms with Crippen LogP contribution in [0.25, 0.3) is 0 Å². The van der Waals surface area contributed by atoms with Crippen LogP contribution in [-0.4, -0.2) is 14.8 Å². The molecule has 3 N–H and O–H groups in total. The molecule has 17 heavy (non-hydrogen) atoms. The first-order chi connectivity index (χ1) is 8.22. The molecule has 0 unspecified atom stereocenters. The maximum absolute atomic E-state index is 6.02. The maximum Gasteiger partial charge on any atom is 0.148 e. The van der Waals surface area contributed by atoms with Gasteiger partial charge in [0.1, 0.15) is 5.82 Å². The second kappa shape index (κ2) is 4.86. The van der Waals surface area contributed by atoms with Gasteiger partial charge in [-0.25, -0.2) is 0 Å². The van der Waals surface area contributed by atoms with E-state index in [2.05, 4.69) is 15.4 Å². The highest BCUT2D eigenvalue weighted by Gasteiger charge is 2.10. The summed E-state index contributed by atoms with van der Waals surface area (Å²) in [6.07, 6.45) is 4.44. The van der Waals surface area contributed by atoms with E-state index in [9.17, 15) is 0 Å². The third kappa shape index (κ3) is 2.38. The summed E-state index contributed by atoms with van der Waals surface area (Å²) >= 11 is 0. The summed E-state index contributed by atoms with van der Waals surface area (Å²) in [6.45, 7) is 2.74. The van der Waals surface area contributed by atoms with Crippen molar-refractivity contribution in [2.24, 2.45) is 7.05 Å². The van der Waals surface area contributed by atoms with E-state index in [1.165, 1.54) is 0 Å². The van der Waals surface area contributed by atoms with E-state index in [-0.39, 0.29) is 0 Å². The number of hydrogen-bond acceptors (Lipinski definition) is 4. The number of hydrogen-bond donors (Lipinski definition) is 2. The first-order valence-corrected chi connectivity index (χ1v) is 5.66. The Morgan fingerprint density at radius 3 is 2.88 bits per heavy atom. The highest BCUT2D eigenvalue weighted by atomic mass is 15.3. The summed E-state index contributed by atoms with van der Waals surface area (Å²) in [5.74, 6) is 0.866. The van der Waals surface area contributed by atoms with Crippen molar-refractivity contribution in [1.29, 1.82) is 0 Å². The molecule has 0 atom stereocenters. The van der Waals surface area contributed by atoms with Crippen LogP contribution in [0.15, 0.2) is 24.5 Å². The average molecular weight is 231 g/mol. The lowest BCUT2D eigenvalue weighted by Gasteiger charge is -2.07. The van der Waals surface area contributed by atoms with Crippen LogP contribution in [-0.2, 0) is 20.0 Å². The molecule has 2 aromatic heterocycles. The van der Waals surface area contributed by atoms with Crippen LogP contribution in [0.3, 0.4) is 0 Å². The van der Waals surface area contributed by atoms with Crippen molar-refractivity contribution in [1.82, 2.24) is 14.8 Å². The number of aryl methyl sites for hydroxylation is 2. The van der Waals surface area contributed by atoms with Crippen LogP contribution < -0.4 is 11.1 Å². The third-order valence-electron chi connectivity index (χ3n) is 2.68. The molecule has 2 aromatic rings. The Labute approximate surface area is 101 Å². The first kappa shape index (κ1) is 11.4. The molecule has 0 fully saturated rings. The van der Waals surface area contributed by atoms with Crippen LogP contribution in [0.2, 0.25) is 0 Å². The predicted molar refractivity (Wildman–Crippen MR) is 68.6 cm³/mol. The van der Waals surface area contributed by atoms with Crippen molar-refractivity contribution in [2.45, 2.75) is 19.9 Å². The van der Waals surface area contributed by atoms with Crippen LogP contribution in [0.4, 0.5) is 11.5 Å². The van der Waals surface area contributed by atoms with E-state index in [0.717, 1.165) is 29.2 Å². The van der Waals surface area contributed by atoms with E-state index in [1.807, 2.05) is 32.3 Å². The molecule has 0 saturated carbocycles. The third-order valence-corrected chi connectivity index (χ3v) is 2.68. The van der Waals surface area contributed by atoms with Gasteiger partial charge in [-0.05, 0) is 18.1 Å². The topological polar surface area (TPSA) is 68.8 Å². The lowest BCUT2D eigenvalue weighted by Crippen LogP contribution is -2.06. The number of aromatic nitrogens is 3. The molecule has 90 valence electrons. The monoisotopic (exact) mass is 231 g/mol. The van der Waals surface area contributed by atoms with Gasteiger partial charge in [0.05, 0.1) is 11.4 Å². The fraction of sp³-hybridized carbons (Fsp3) is 0.333. The van der Waals surface area contributed by atoms with E-state index in [4.69, 9.17) is 5.73 Å². The zero-order valence-corrected chi connectivity index (χ0v) is 10.1. The van der Waals surface area contributed by atoms with E-state index in [1.54, 1.807) is 10.9 Å². The van der Waals surface area contributed by atoms with Gasteiger partial charge in [0.15, 0.2) is 0 Å². The fourth-order valence-electron chi connectivity index (χ4n) is 1.76. The SMILES string of the molecule is CCc1nn(C)c(NCc2cccnc2)c1N. The second-order valence-electron chi connectivity index (χ2n) is 3.90. The number of nitrogens with two attached hydrogens (primary N) is 1. The van der Waals surface area contributed by atoms with Gasteiger partial charge >= 0.3 is 0 Å². The van der Waals surface area contributed by atoms with Gasteiger partial charge in [-0.3, -0.25) is 9.67 Å². The Morgan fingerprint density at radius 1 is 1.47 bits per heavy atom. The summed E-state index contributed by atoms with van der Waals surface area (Å²) < 4.78 is 1.78. The fourth-order valence-corrected chi connectivity index (χ4v) is 1.76. The zero-order chi connectivity index (χ0) is 12.3. The lowest BCUT2D eigenvalue weighted by atomic mass is 10.2. The standard InChI is InChI=1S/C12H17N5/c1-3-10-11(13)12(17(2)16-10)15-8-9-5-4-6-14-7-9/h4-7,15H,3,8,13H2,1-2H3. The highest BCUT2D eigenvalue weighted by Crippen LogP contribution is 2.22. The number of nitrogens with zero attached hydrogens (tertiary/aromatic N) is 3. The molecule has 0 bridgehead atoms. The van der Waals surface area contributed by atoms with E-state index in [0.29, 0.717) is 6.54 Å². The summed E-state index contributed by atoms with van der Waals surface area (Å²) in [5, 5.41) is 7.64. The predicted octanol–water partition coefficient (Wildman–Crippen LogP) is 1.57. The van der Waals surface area contributed by atoms with Crippen molar-refractivity contribution < 1.29 is 0 Å². The van der Waals surface area contributed by atoms with Crippen molar-refractivity contribution in [3.8, 4) is 0 Å². The molecular formula is C12H17N5. The highest BCUT2D eigenvalue weighted by molar-refractivity contribution is 5.65. The van der Waals surface area contributed by atoms with Crippen molar-refractivity contribution in [3.05, 3.63) is 35.8 Å². The Hall–Kier alpha value is -2.04. The second-order valence-corrected chi connectivity index (χ2v) is 3.90. The Bertz CT molecular complexity index is 489. The van der Waals surface area contributed by atoms with Crippen molar-refractivity contribution >= 4 is 11.5 Å². The van der Waals surface area contributed by atoms with E-state index < -0.39 is 0 Å². The van der Waals surface area contributed by atoms with Crippen LogP contribution in [0.1, 0.15) is 18.2 Å². The van der Waals surface area contributed by atoms with Crippen LogP contribution in [0, 0.1) is 0 Å². The molecule has 0 amide bonds. The molecule has 0 radical (unpaired) electrons. The summed E-state index contributed by atoms with van der Waals surface area (Å²) in [4.78, 5) is 4.07. The first-order valence-electron chi connectivity index (χ1n) is 5.66. The quantitative estimate of drug-likeness (QED) is 0.838. The number of nitrogen functional groups attached to an aromatic ring is 1. The molecule has 2 heterocycles. The number of pyridine rings is 1. The minimum Gasteiger partial charge on any atom is -0.394 e. The van der Waals surface area contributed by atoms with Gasteiger partial charge in [-0.1, -0.05) is 13.0 Å². The molecule has 5 nitrogen and oxygen atoms in total. The van der Waals surface area contributed by atoms with Gasteiger partial charge in [0.2, 0.25) is 0 Å². The Morgan fingerprint density at radius 2 is 2.29 bits per heavy atom.